The maximum atomic E-state index is 13.5. The fourth-order valence-electron chi connectivity index (χ4n) is 4.10. The summed E-state index contributed by atoms with van der Waals surface area (Å²) in [4.78, 5) is 15.7. The molecule has 0 saturated carbocycles. The Labute approximate surface area is 179 Å². The molecule has 0 radical (unpaired) electrons. The summed E-state index contributed by atoms with van der Waals surface area (Å²) in [5.41, 5.74) is 1.70. The highest BCUT2D eigenvalue weighted by Gasteiger charge is 2.23. The molecule has 160 valence electrons. The molecule has 1 N–H and O–H groups in total. The number of hydrogen-bond donors (Lipinski definition) is 1. The first-order valence-corrected chi connectivity index (χ1v) is 12.0. The minimum atomic E-state index is -3.47. The van der Waals surface area contributed by atoms with Crippen LogP contribution in [0.15, 0.2) is 53.3 Å². The van der Waals surface area contributed by atoms with E-state index in [4.69, 9.17) is 0 Å². The van der Waals surface area contributed by atoms with Gasteiger partial charge < -0.3 is 4.90 Å². The van der Waals surface area contributed by atoms with E-state index in [-0.39, 0.29) is 5.56 Å². The van der Waals surface area contributed by atoms with Crippen molar-refractivity contribution in [2.45, 2.75) is 19.4 Å². The Morgan fingerprint density at radius 3 is 2.48 bits per heavy atom. The second-order valence-corrected chi connectivity index (χ2v) is 9.56. The van der Waals surface area contributed by atoms with Crippen molar-refractivity contribution in [3.8, 4) is 0 Å². The highest BCUT2D eigenvalue weighted by atomic mass is 32.2. The first kappa shape index (κ1) is 19.6. The molecule has 5 rings (SSSR count). The Morgan fingerprint density at radius 2 is 1.77 bits per heavy atom. The first-order chi connectivity index (χ1) is 14.9. The Bertz CT molecular complexity index is 1440. The van der Waals surface area contributed by atoms with Gasteiger partial charge in [-0.2, -0.15) is 0 Å². The number of sulfonamides is 1. The molecule has 10 heteroatoms. The van der Waals surface area contributed by atoms with Crippen LogP contribution in [0.2, 0.25) is 0 Å². The van der Waals surface area contributed by atoms with Crippen molar-refractivity contribution in [3.63, 3.8) is 0 Å². The lowest BCUT2D eigenvalue weighted by molar-refractivity contribution is 0.607. The van der Waals surface area contributed by atoms with Crippen LogP contribution in [0.3, 0.4) is 0 Å². The second kappa shape index (κ2) is 7.38. The van der Waals surface area contributed by atoms with E-state index < -0.39 is 10.0 Å². The van der Waals surface area contributed by atoms with Crippen LogP contribution in [0.5, 0.6) is 0 Å². The van der Waals surface area contributed by atoms with E-state index in [0.29, 0.717) is 34.9 Å². The first-order valence-electron chi connectivity index (χ1n) is 10.1. The van der Waals surface area contributed by atoms with E-state index in [1.165, 1.54) is 0 Å². The highest BCUT2D eigenvalue weighted by molar-refractivity contribution is 7.92. The van der Waals surface area contributed by atoms with Crippen LogP contribution in [0.25, 0.3) is 16.7 Å². The number of nitrogens with zero attached hydrogens (tertiary/aromatic N) is 5. The summed E-state index contributed by atoms with van der Waals surface area (Å²) >= 11 is 0. The second-order valence-electron chi connectivity index (χ2n) is 7.81. The van der Waals surface area contributed by atoms with Crippen molar-refractivity contribution in [2.75, 3.05) is 29.0 Å². The quantitative estimate of drug-likeness (QED) is 0.512. The minimum absolute atomic E-state index is 0.246. The van der Waals surface area contributed by atoms with E-state index in [1.54, 1.807) is 22.8 Å². The van der Waals surface area contributed by atoms with Gasteiger partial charge in [0.2, 0.25) is 21.7 Å². The van der Waals surface area contributed by atoms with Crippen LogP contribution >= 0.6 is 0 Å². The maximum Gasteiger partial charge on any atom is 0.263 e. The van der Waals surface area contributed by atoms with Gasteiger partial charge in [-0.05, 0) is 36.6 Å². The van der Waals surface area contributed by atoms with Gasteiger partial charge in [0.05, 0.1) is 23.7 Å². The number of aromatic nitrogens is 4. The molecular formula is C21H22N6O3S. The lowest BCUT2D eigenvalue weighted by atomic mass is 10.2. The zero-order valence-corrected chi connectivity index (χ0v) is 17.8. The molecule has 1 aliphatic heterocycles. The smallest absolute Gasteiger partial charge is 0.263 e. The van der Waals surface area contributed by atoms with Crippen LogP contribution in [-0.4, -0.2) is 46.9 Å². The molecule has 0 spiro atoms. The fourth-order valence-corrected chi connectivity index (χ4v) is 4.66. The number of rotatable bonds is 5. The predicted molar refractivity (Wildman–Crippen MR) is 120 cm³/mol. The zero-order valence-electron chi connectivity index (χ0n) is 17.0. The van der Waals surface area contributed by atoms with Crippen molar-refractivity contribution in [3.05, 3.63) is 64.4 Å². The van der Waals surface area contributed by atoms with E-state index in [9.17, 15) is 13.2 Å². The lowest BCUT2D eigenvalue weighted by Gasteiger charge is -2.17. The molecule has 0 atom stereocenters. The Hall–Kier alpha value is -3.40. The third-order valence-corrected chi connectivity index (χ3v) is 6.07. The van der Waals surface area contributed by atoms with Gasteiger partial charge in [0.1, 0.15) is 0 Å². The van der Waals surface area contributed by atoms with E-state index in [2.05, 4.69) is 19.8 Å². The van der Waals surface area contributed by atoms with Gasteiger partial charge in [0, 0.05) is 18.8 Å². The summed E-state index contributed by atoms with van der Waals surface area (Å²) in [6.45, 7) is 2.10. The Morgan fingerprint density at radius 1 is 1.03 bits per heavy atom. The number of hydrogen-bond acceptors (Lipinski definition) is 6. The van der Waals surface area contributed by atoms with Crippen LogP contribution in [0.1, 0.15) is 18.4 Å². The average Bonchev–Trinajstić information content (AvgIpc) is 3.40. The van der Waals surface area contributed by atoms with E-state index in [1.807, 2.05) is 34.7 Å². The molecule has 0 bridgehead atoms. The molecule has 0 aliphatic carbocycles. The van der Waals surface area contributed by atoms with Gasteiger partial charge in [-0.1, -0.05) is 30.3 Å². The molecule has 4 aromatic rings. The molecule has 9 nitrogen and oxygen atoms in total. The number of fused-ring (bicyclic) bond motifs is 3. The molecule has 1 fully saturated rings. The topological polar surface area (TPSA) is 102 Å². The molecule has 31 heavy (non-hydrogen) atoms. The van der Waals surface area contributed by atoms with E-state index in [0.717, 1.165) is 37.8 Å². The molecule has 2 aromatic carbocycles. The molecule has 1 aliphatic rings. The maximum absolute atomic E-state index is 13.5. The summed E-state index contributed by atoms with van der Waals surface area (Å²) < 4.78 is 29.3. The third-order valence-electron chi connectivity index (χ3n) is 5.46. The number of anilines is 2. The van der Waals surface area contributed by atoms with Crippen LogP contribution < -0.4 is 15.2 Å². The summed E-state index contributed by atoms with van der Waals surface area (Å²) in [6, 6.07) is 14.6. The standard InChI is InChI=1S/C21H22N6O3S/c1-31(29,30)24-16-9-10-18-17(13-16)19(28)26(14-15-7-3-2-4-8-15)21-23-22-20(27(18)21)25-11-5-6-12-25/h2-4,7-10,13,24H,5-6,11-12,14H2,1H3. The van der Waals surface area contributed by atoms with Gasteiger partial charge in [-0.25, -0.2) is 12.8 Å². The van der Waals surface area contributed by atoms with Crippen LogP contribution in [-0.2, 0) is 16.6 Å². The zero-order chi connectivity index (χ0) is 21.6. The highest BCUT2D eigenvalue weighted by Crippen LogP contribution is 2.25. The Kier molecular flexibility index (Phi) is 4.66. The largest absolute Gasteiger partial charge is 0.341 e. The molecule has 1 saturated heterocycles. The summed E-state index contributed by atoms with van der Waals surface area (Å²) in [6.07, 6.45) is 3.25. The van der Waals surface area contributed by atoms with Gasteiger partial charge in [-0.3, -0.25) is 14.1 Å². The van der Waals surface area contributed by atoms with Crippen molar-refractivity contribution in [1.82, 2.24) is 19.2 Å². The molecule has 0 amide bonds. The molecular weight excluding hydrogens is 416 g/mol. The SMILES string of the molecule is CS(=O)(=O)Nc1ccc2c(c1)c(=O)n(Cc1ccccc1)c1nnc(N3CCCC3)n21. The van der Waals surface area contributed by atoms with Gasteiger partial charge in [0.15, 0.2) is 0 Å². The lowest BCUT2D eigenvalue weighted by Crippen LogP contribution is -2.26. The van der Waals surface area contributed by atoms with E-state index >= 15 is 0 Å². The van der Waals surface area contributed by atoms with Crippen molar-refractivity contribution in [2.24, 2.45) is 0 Å². The molecule has 2 aromatic heterocycles. The molecule has 0 unspecified atom stereocenters. The summed E-state index contributed by atoms with van der Waals surface area (Å²) in [5.74, 6) is 1.16. The fraction of sp³-hybridized carbons (Fsp3) is 0.286. The van der Waals surface area contributed by atoms with Crippen molar-refractivity contribution >= 4 is 38.3 Å². The number of benzene rings is 2. The monoisotopic (exact) mass is 438 g/mol. The van der Waals surface area contributed by atoms with Gasteiger partial charge in [-0.15, -0.1) is 10.2 Å². The Balaban J connectivity index is 1.78. The van der Waals surface area contributed by atoms with Crippen LogP contribution in [0.4, 0.5) is 11.6 Å². The normalized spacial score (nSPS) is 14.5. The van der Waals surface area contributed by atoms with Crippen LogP contribution in [0, 0.1) is 0 Å². The minimum Gasteiger partial charge on any atom is -0.341 e. The predicted octanol–water partition coefficient (Wildman–Crippen LogP) is 2.06. The van der Waals surface area contributed by atoms with Crippen molar-refractivity contribution in [1.29, 1.82) is 0 Å². The summed E-state index contributed by atoms with van der Waals surface area (Å²) in [5, 5.41) is 9.20. The van der Waals surface area contributed by atoms with Gasteiger partial charge >= 0.3 is 0 Å². The molecule has 3 heterocycles. The van der Waals surface area contributed by atoms with Gasteiger partial charge in [0.25, 0.3) is 5.56 Å². The number of nitrogens with one attached hydrogen (secondary N) is 1. The third kappa shape index (κ3) is 3.63. The van der Waals surface area contributed by atoms with Crippen molar-refractivity contribution < 1.29 is 8.42 Å². The average molecular weight is 439 g/mol. The summed E-state index contributed by atoms with van der Waals surface area (Å²) in [7, 11) is -3.47.